The largest absolute Gasteiger partial charge is 0.310 e. The number of nitrogens with zero attached hydrogens (tertiary/aromatic N) is 1. The van der Waals surface area contributed by atoms with Crippen molar-refractivity contribution in [1.29, 1.82) is 0 Å². The van der Waals surface area contributed by atoms with Gasteiger partial charge in [0.1, 0.15) is 0 Å². The lowest BCUT2D eigenvalue weighted by Crippen LogP contribution is -2.10. The van der Waals surface area contributed by atoms with Crippen LogP contribution in [0.2, 0.25) is 0 Å². The molecule has 0 radical (unpaired) electrons. The Morgan fingerprint density at radius 1 is 0.326 bits per heavy atom. The molecule has 0 saturated carbocycles. The SMILES string of the molecule is c1ccc(-c2ccc(N(c3cccc(-c4ccccc4)c3)c3ccc4ccc5ccc6sc7ccccc7c6c5c4c3)cc2)cc1. The predicted octanol–water partition coefficient (Wildman–Crippen LogP) is 13.2. The molecule has 9 rings (SSSR count). The maximum atomic E-state index is 2.39. The molecule has 1 nitrogen and oxygen atoms in total. The van der Waals surface area contributed by atoms with Crippen LogP contribution in [0, 0.1) is 0 Å². The monoisotopic (exact) mass is 603 g/mol. The molecule has 0 aliphatic carbocycles. The molecule has 0 aliphatic rings. The van der Waals surface area contributed by atoms with Crippen LogP contribution in [0.25, 0.3) is 64.0 Å². The molecule has 1 aromatic heterocycles. The third-order valence-corrected chi connectivity index (χ3v) is 10.2. The minimum atomic E-state index is 1.12. The number of fused-ring (bicyclic) bond motifs is 7. The fraction of sp³-hybridized carbons (Fsp3) is 0. The Morgan fingerprint density at radius 2 is 0.913 bits per heavy atom. The number of hydrogen-bond acceptors (Lipinski definition) is 2. The summed E-state index contributed by atoms with van der Waals surface area (Å²) in [5, 5.41) is 7.79. The molecule has 9 aromatic rings. The van der Waals surface area contributed by atoms with Gasteiger partial charge >= 0.3 is 0 Å². The van der Waals surface area contributed by atoms with Gasteiger partial charge in [-0.05, 0) is 92.3 Å². The van der Waals surface area contributed by atoms with Gasteiger partial charge in [0.25, 0.3) is 0 Å². The van der Waals surface area contributed by atoms with Crippen LogP contribution in [0.1, 0.15) is 0 Å². The summed E-state index contributed by atoms with van der Waals surface area (Å²) in [5.41, 5.74) is 8.21. The van der Waals surface area contributed by atoms with Crippen molar-refractivity contribution in [2.75, 3.05) is 4.90 Å². The first kappa shape index (κ1) is 26.7. The highest BCUT2D eigenvalue weighted by molar-refractivity contribution is 7.26. The lowest BCUT2D eigenvalue weighted by Gasteiger charge is -2.27. The van der Waals surface area contributed by atoms with E-state index in [4.69, 9.17) is 0 Å². The highest BCUT2D eigenvalue weighted by Gasteiger charge is 2.17. The molecule has 8 aromatic carbocycles. The van der Waals surface area contributed by atoms with E-state index in [2.05, 4.69) is 181 Å². The van der Waals surface area contributed by atoms with Gasteiger partial charge in [0.05, 0.1) is 0 Å². The lowest BCUT2D eigenvalue weighted by molar-refractivity contribution is 1.29. The Labute approximate surface area is 272 Å². The van der Waals surface area contributed by atoms with Crippen LogP contribution in [0.15, 0.2) is 176 Å². The fourth-order valence-corrected chi connectivity index (χ4v) is 7.94. The van der Waals surface area contributed by atoms with Crippen LogP contribution in [-0.2, 0) is 0 Å². The Hall–Kier alpha value is -5.70. The lowest BCUT2D eigenvalue weighted by atomic mass is 9.96. The van der Waals surface area contributed by atoms with Crippen molar-refractivity contribution in [3.8, 4) is 22.3 Å². The van der Waals surface area contributed by atoms with Gasteiger partial charge in [0.15, 0.2) is 0 Å². The number of benzene rings is 8. The first-order valence-electron chi connectivity index (χ1n) is 15.7. The van der Waals surface area contributed by atoms with Crippen LogP contribution < -0.4 is 4.90 Å². The zero-order valence-corrected chi connectivity index (χ0v) is 25.9. The van der Waals surface area contributed by atoms with Gasteiger partial charge < -0.3 is 4.90 Å². The molecular weight excluding hydrogens is 575 g/mol. The van der Waals surface area contributed by atoms with Crippen LogP contribution in [-0.4, -0.2) is 0 Å². The summed E-state index contributed by atoms with van der Waals surface area (Å²) in [7, 11) is 0. The molecule has 0 aliphatic heterocycles. The zero-order chi connectivity index (χ0) is 30.5. The summed E-state index contributed by atoms with van der Waals surface area (Å²) in [4.78, 5) is 2.39. The van der Waals surface area contributed by atoms with E-state index in [1.54, 1.807) is 0 Å². The van der Waals surface area contributed by atoms with Crippen molar-refractivity contribution in [2.24, 2.45) is 0 Å². The maximum absolute atomic E-state index is 2.39. The van der Waals surface area contributed by atoms with Crippen LogP contribution in [0.3, 0.4) is 0 Å². The highest BCUT2D eigenvalue weighted by atomic mass is 32.1. The third-order valence-electron chi connectivity index (χ3n) is 9.03. The zero-order valence-electron chi connectivity index (χ0n) is 25.1. The molecule has 2 heteroatoms. The van der Waals surface area contributed by atoms with Crippen molar-refractivity contribution in [1.82, 2.24) is 0 Å². The average Bonchev–Trinajstić information content (AvgIpc) is 3.52. The van der Waals surface area contributed by atoms with Gasteiger partial charge in [-0.3, -0.25) is 0 Å². The minimum absolute atomic E-state index is 1.12. The number of rotatable bonds is 5. The van der Waals surface area contributed by atoms with Crippen LogP contribution >= 0.6 is 11.3 Å². The molecule has 0 saturated heterocycles. The number of thiophene rings is 1. The summed E-state index contributed by atoms with van der Waals surface area (Å²) in [5.74, 6) is 0. The topological polar surface area (TPSA) is 3.24 Å². The predicted molar refractivity (Wildman–Crippen MR) is 200 cm³/mol. The third kappa shape index (κ3) is 4.54. The molecule has 0 spiro atoms. The first-order valence-corrected chi connectivity index (χ1v) is 16.5. The van der Waals surface area contributed by atoms with Crippen molar-refractivity contribution in [3.63, 3.8) is 0 Å². The molecular formula is C44H29NS. The Kier molecular flexibility index (Phi) is 6.40. The average molecular weight is 604 g/mol. The molecule has 46 heavy (non-hydrogen) atoms. The molecule has 0 bridgehead atoms. The van der Waals surface area contributed by atoms with E-state index in [1.807, 2.05) is 11.3 Å². The van der Waals surface area contributed by atoms with E-state index in [-0.39, 0.29) is 0 Å². The summed E-state index contributed by atoms with van der Waals surface area (Å²) < 4.78 is 2.66. The molecule has 0 unspecified atom stereocenters. The number of anilines is 3. The van der Waals surface area contributed by atoms with Gasteiger partial charge in [-0.2, -0.15) is 0 Å². The first-order chi connectivity index (χ1) is 22.8. The molecule has 0 amide bonds. The van der Waals surface area contributed by atoms with E-state index in [0.29, 0.717) is 0 Å². The second-order valence-corrected chi connectivity index (χ2v) is 12.9. The van der Waals surface area contributed by atoms with Gasteiger partial charge in [0.2, 0.25) is 0 Å². The fourth-order valence-electron chi connectivity index (χ4n) is 6.82. The second-order valence-electron chi connectivity index (χ2n) is 11.8. The van der Waals surface area contributed by atoms with Gasteiger partial charge in [-0.15, -0.1) is 11.3 Å². The van der Waals surface area contributed by atoms with E-state index in [0.717, 1.165) is 17.1 Å². The Balaban J connectivity index is 1.28. The normalized spacial score (nSPS) is 11.5. The molecule has 216 valence electrons. The second kappa shape index (κ2) is 11.0. The van der Waals surface area contributed by atoms with E-state index in [9.17, 15) is 0 Å². The number of hydrogen-bond donors (Lipinski definition) is 0. The van der Waals surface area contributed by atoms with E-state index < -0.39 is 0 Å². The maximum Gasteiger partial charge on any atom is 0.0468 e. The quantitative estimate of drug-likeness (QED) is 0.177. The van der Waals surface area contributed by atoms with Crippen molar-refractivity contribution in [2.45, 2.75) is 0 Å². The van der Waals surface area contributed by atoms with Gasteiger partial charge in [-0.1, -0.05) is 127 Å². The summed E-state index contributed by atoms with van der Waals surface area (Å²) in [6.07, 6.45) is 0. The minimum Gasteiger partial charge on any atom is -0.310 e. The molecule has 1 heterocycles. The summed E-state index contributed by atoms with van der Waals surface area (Å²) >= 11 is 1.88. The summed E-state index contributed by atoms with van der Waals surface area (Å²) in [6.45, 7) is 0. The van der Waals surface area contributed by atoms with Gasteiger partial charge in [-0.25, -0.2) is 0 Å². The smallest absolute Gasteiger partial charge is 0.0468 e. The van der Waals surface area contributed by atoms with Crippen molar-refractivity contribution in [3.05, 3.63) is 176 Å². The van der Waals surface area contributed by atoms with E-state index in [1.165, 1.54) is 64.0 Å². The highest BCUT2D eigenvalue weighted by Crippen LogP contribution is 2.44. The van der Waals surface area contributed by atoms with Crippen molar-refractivity contribution >= 4 is 70.1 Å². The van der Waals surface area contributed by atoms with Crippen LogP contribution in [0.5, 0.6) is 0 Å². The Morgan fingerprint density at radius 3 is 1.72 bits per heavy atom. The summed E-state index contributed by atoms with van der Waals surface area (Å²) in [6, 6.07) is 63.9. The van der Waals surface area contributed by atoms with Gasteiger partial charge in [0, 0.05) is 37.2 Å². The molecule has 0 N–H and O–H groups in total. The standard InChI is InChI=1S/C44H29NS/c1-3-10-30(11-4-1)32-20-24-36(25-21-32)45(37-15-9-14-35(28-37)31-12-5-2-6-13-31)38-26-22-33-18-19-34-23-27-42-44(43(34)40(33)29-38)39-16-7-8-17-41(39)46-42/h1-29H. The molecule has 0 atom stereocenters. The van der Waals surface area contributed by atoms with Crippen molar-refractivity contribution < 1.29 is 0 Å². The molecule has 0 fully saturated rings. The Bertz CT molecular complexity index is 2510. The van der Waals surface area contributed by atoms with Crippen LogP contribution in [0.4, 0.5) is 17.1 Å². The van der Waals surface area contributed by atoms with E-state index >= 15 is 0 Å².